The Hall–Kier alpha value is -4.79. The van der Waals surface area contributed by atoms with E-state index < -0.39 is 5.41 Å². The summed E-state index contributed by atoms with van der Waals surface area (Å²) >= 11 is 6.85. The molecule has 1 aliphatic carbocycles. The Kier molecular flexibility index (Phi) is 3.71. The predicted molar refractivity (Wildman–Crippen MR) is 164 cm³/mol. The molecule has 2 aromatic heterocycles. The number of furan rings is 1. The Morgan fingerprint density at radius 1 is 0.575 bits per heavy atom. The van der Waals surface area contributed by atoms with Gasteiger partial charge in [0, 0.05) is 21.2 Å². The maximum atomic E-state index is 6.85. The number of fused-ring (bicyclic) bond motifs is 16. The zero-order valence-electron chi connectivity index (χ0n) is 21.3. The van der Waals surface area contributed by atoms with Crippen LogP contribution in [0.25, 0.3) is 60.6 Å². The minimum atomic E-state index is -0.525. The molecule has 10 rings (SSSR count). The third kappa shape index (κ3) is 2.23. The van der Waals surface area contributed by atoms with E-state index in [0.29, 0.717) is 0 Å². The predicted octanol–water partition coefficient (Wildman–Crippen LogP) is 10.0. The molecular weight excluding hydrogens is 510 g/mol. The molecule has 2 aliphatic rings. The molecule has 1 aliphatic heterocycles. The first-order valence-electron chi connectivity index (χ1n) is 13.6. The SMILES string of the molecule is Clc1ccc2c(c1)C1(c3ccccc3-c3ccccc31)c1cc3c4ccccc4oc3c3c4ccccc4n-2c13. The van der Waals surface area contributed by atoms with Crippen molar-refractivity contribution in [1.29, 1.82) is 0 Å². The average molecular weight is 530 g/mol. The molecule has 0 unspecified atom stereocenters. The zero-order chi connectivity index (χ0) is 26.2. The number of hydrogen-bond acceptors (Lipinski definition) is 1. The van der Waals surface area contributed by atoms with Crippen LogP contribution in [0, 0.1) is 0 Å². The van der Waals surface area contributed by atoms with Gasteiger partial charge in [0.1, 0.15) is 11.2 Å². The van der Waals surface area contributed by atoms with Gasteiger partial charge in [0.25, 0.3) is 0 Å². The highest BCUT2D eigenvalue weighted by Crippen LogP contribution is 2.62. The van der Waals surface area contributed by atoms with Crippen LogP contribution < -0.4 is 0 Å². The second kappa shape index (κ2) is 7.04. The van der Waals surface area contributed by atoms with Gasteiger partial charge in [0.05, 0.1) is 27.5 Å². The van der Waals surface area contributed by atoms with E-state index >= 15 is 0 Å². The molecule has 0 bridgehead atoms. The fourth-order valence-corrected chi connectivity index (χ4v) is 8.00. The summed E-state index contributed by atoms with van der Waals surface area (Å²) in [5.41, 5.74) is 12.5. The quantitative estimate of drug-likeness (QED) is 0.191. The van der Waals surface area contributed by atoms with Crippen molar-refractivity contribution in [3.63, 3.8) is 0 Å². The van der Waals surface area contributed by atoms with Gasteiger partial charge in [-0.05, 0) is 69.8 Å². The molecule has 40 heavy (non-hydrogen) atoms. The van der Waals surface area contributed by atoms with Gasteiger partial charge < -0.3 is 8.98 Å². The lowest BCUT2D eigenvalue weighted by molar-refractivity contribution is 0.672. The van der Waals surface area contributed by atoms with E-state index in [0.717, 1.165) is 32.6 Å². The lowest BCUT2D eigenvalue weighted by Gasteiger charge is -2.39. The smallest absolute Gasteiger partial charge is 0.145 e. The minimum absolute atomic E-state index is 0.525. The Labute approximate surface area is 234 Å². The van der Waals surface area contributed by atoms with Crippen molar-refractivity contribution in [1.82, 2.24) is 4.57 Å². The van der Waals surface area contributed by atoms with Crippen LogP contribution in [0.15, 0.2) is 126 Å². The van der Waals surface area contributed by atoms with Crippen molar-refractivity contribution in [2.75, 3.05) is 0 Å². The molecule has 0 radical (unpaired) electrons. The maximum absolute atomic E-state index is 6.85. The molecule has 8 aromatic rings. The molecule has 3 heteroatoms. The largest absolute Gasteiger partial charge is 0.455 e. The van der Waals surface area contributed by atoms with Crippen LogP contribution in [0.1, 0.15) is 22.3 Å². The van der Waals surface area contributed by atoms with Gasteiger partial charge in [0.15, 0.2) is 0 Å². The van der Waals surface area contributed by atoms with Crippen molar-refractivity contribution >= 4 is 55.3 Å². The lowest BCUT2D eigenvalue weighted by atomic mass is 9.65. The summed E-state index contributed by atoms with van der Waals surface area (Å²) in [6, 6.07) is 43.7. The maximum Gasteiger partial charge on any atom is 0.145 e. The van der Waals surface area contributed by atoms with Gasteiger partial charge in [-0.3, -0.25) is 0 Å². The molecule has 0 amide bonds. The van der Waals surface area contributed by atoms with E-state index in [2.05, 4.69) is 114 Å². The van der Waals surface area contributed by atoms with Gasteiger partial charge in [-0.25, -0.2) is 0 Å². The molecule has 0 atom stereocenters. The van der Waals surface area contributed by atoms with Gasteiger partial charge in [-0.15, -0.1) is 0 Å². The van der Waals surface area contributed by atoms with Gasteiger partial charge in [-0.1, -0.05) is 96.5 Å². The molecule has 2 nitrogen and oxygen atoms in total. The van der Waals surface area contributed by atoms with Crippen LogP contribution in [-0.2, 0) is 5.41 Å². The Morgan fingerprint density at radius 3 is 2.05 bits per heavy atom. The Bertz CT molecular complexity index is 2360. The first kappa shape index (κ1) is 21.1. The van der Waals surface area contributed by atoms with Crippen molar-refractivity contribution < 1.29 is 4.42 Å². The lowest BCUT2D eigenvalue weighted by Crippen LogP contribution is -2.33. The fraction of sp³-hybridized carbons (Fsp3) is 0.0270. The van der Waals surface area contributed by atoms with Crippen molar-refractivity contribution in [2.45, 2.75) is 5.41 Å². The van der Waals surface area contributed by atoms with Crippen LogP contribution in [0.3, 0.4) is 0 Å². The summed E-state index contributed by atoms with van der Waals surface area (Å²) in [5, 5.41) is 5.39. The molecule has 0 N–H and O–H groups in total. The molecule has 1 spiro atoms. The summed E-state index contributed by atoms with van der Waals surface area (Å²) in [5.74, 6) is 0. The summed E-state index contributed by atoms with van der Waals surface area (Å²) in [6.45, 7) is 0. The molecule has 0 saturated heterocycles. The highest BCUT2D eigenvalue weighted by Gasteiger charge is 2.51. The summed E-state index contributed by atoms with van der Waals surface area (Å²) < 4.78 is 9.11. The fourth-order valence-electron chi connectivity index (χ4n) is 7.83. The van der Waals surface area contributed by atoms with Crippen LogP contribution >= 0.6 is 11.6 Å². The van der Waals surface area contributed by atoms with E-state index in [1.807, 2.05) is 12.1 Å². The molecule has 3 heterocycles. The van der Waals surface area contributed by atoms with Gasteiger partial charge in [-0.2, -0.15) is 0 Å². The van der Waals surface area contributed by atoms with Crippen LogP contribution in [0.4, 0.5) is 0 Å². The number of rotatable bonds is 0. The number of aromatic nitrogens is 1. The minimum Gasteiger partial charge on any atom is -0.455 e. The first-order chi connectivity index (χ1) is 19.8. The number of para-hydroxylation sites is 2. The summed E-state index contributed by atoms with van der Waals surface area (Å²) in [7, 11) is 0. The summed E-state index contributed by atoms with van der Waals surface area (Å²) in [6.07, 6.45) is 0. The molecular formula is C37H20ClNO. The van der Waals surface area contributed by atoms with Crippen LogP contribution in [0.2, 0.25) is 5.02 Å². The molecule has 0 saturated carbocycles. The van der Waals surface area contributed by atoms with E-state index in [-0.39, 0.29) is 0 Å². The second-order valence-corrected chi connectivity index (χ2v) is 11.4. The van der Waals surface area contributed by atoms with E-state index in [1.165, 1.54) is 55.2 Å². The topological polar surface area (TPSA) is 18.1 Å². The first-order valence-corrected chi connectivity index (χ1v) is 14.0. The molecule has 186 valence electrons. The number of nitrogens with zero attached hydrogens (tertiary/aromatic N) is 1. The number of benzene rings is 6. The second-order valence-electron chi connectivity index (χ2n) is 11.0. The number of halogens is 1. The average Bonchev–Trinajstić information content (AvgIpc) is 3.64. The Balaban J connectivity index is 1.57. The van der Waals surface area contributed by atoms with Crippen molar-refractivity contribution in [3.05, 3.63) is 149 Å². The van der Waals surface area contributed by atoms with E-state index in [9.17, 15) is 0 Å². The standard InChI is InChI=1S/C37H20ClNO/c38-21-17-18-32-29(19-21)37(27-13-5-1-9-22(27)23-10-2-6-14-28(23)37)30-20-26-24-11-4-8-16-33(24)40-36(26)34-25-12-3-7-15-31(25)39(32)35(30)34/h1-20H. The normalized spacial score (nSPS) is 14.3. The third-order valence-electron chi connectivity index (χ3n) is 9.24. The number of hydrogen-bond donors (Lipinski definition) is 0. The van der Waals surface area contributed by atoms with Crippen LogP contribution in [-0.4, -0.2) is 4.57 Å². The highest BCUT2D eigenvalue weighted by atomic mass is 35.5. The summed E-state index contributed by atoms with van der Waals surface area (Å²) in [4.78, 5) is 0. The molecule has 0 fully saturated rings. The van der Waals surface area contributed by atoms with Gasteiger partial charge in [0.2, 0.25) is 0 Å². The Morgan fingerprint density at radius 2 is 1.25 bits per heavy atom. The third-order valence-corrected chi connectivity index (χ3v) is 9.47. The zero-order valence-corrected chi connectivity index (χ0v) is 22.0. The monoisotopic (exact) mass is 529 g/mol. The van der Waals surface area contributed by atoms with Crippen LogP contribution in [0.5, 0.6) is 0 Å². The van der Waals surface area contributed by atoms with Gasteiger partial charge >= 0.3 is 0 Å². The highest BCUT2D eigenvalue weighted by molar-refractivity contribution is 6.31. The van der Waals surface area contributed by atoms with E-state index in [1.54, 1.807) is 0 Å². The van der Waals surface area contributed by atoms with Crippen molar-refractivity contribution in [2.24, 2.45) is 0 Å². The van der Waals surface area contributed by atoms with E-state index in [4.69, 9.17) is 16.0 Å². The van der Waals surface area contributed by atoms with Crippen molar-refractivity contribution in [3.8, 4) is 16.8 Å². The molecule has 6 aromatic carbocycles.